The number of carbonyl (C=O) groups is 3. The summed E-state index contributed by atoms with van der Waals surface area (Å²) in [6.45, 7) is 0. The molecule has 1 aromatic heterocycles. The Morgan fingerprint density at radius 2 is 1.24 bits per heavy atom. The van der Waals surface area contributed by atoms with Crippen LogP contribution in [0.15, 0.2) is 48.5 Å². The SMILES string of the molecule is COc1cc2[nH]c(C(=O)c3cc(OC)c(OC)c(OC)c3)c(N3C(=O)c4ccccc4C3=O)c2cc1OC. The number of anilines is 1. The molecule has 194 valence electrons. The average Bonchev–Trinajstić information content (AvgIpc) is 3.44. The van der Waals surface area contributed by atoms with E-state index in [0.29, 0.717) is 28.2 Å². The number of H-pyrrole nitrogens is 1. The van der Waals surface area contributed by atoms with E-state index < -0.39 is 17.6 Å². The molecule has 0 radical (unpaired) electrons. The van der Waals surface area contributed by atoms with Crippen molar-refractivity contribution in [1.82, 2.24) is 4.98 Å². The molecule has 10 heteroatoms. The first-order chi connectivity index (χ1) is 18.4. The molecule has 5 rings (SSSR count). The van der Waals surface area contributed by atoms with Gasteiger partial charge in [-0.15, -0.1) is 0 Å². The highest BCUT2D eigenvalue weighted by Gasteiger charge is 2.40. The number of carbonyl (C=O) groups excluding carboxylic acids is 3. The molecule has 0 atom stereocenters. The van der Waals surface area contributed by atoms with Crippen molar-refractivity contribution in [2.75, 3.05) is 40.4 Å². The molecular formula is C28H24N2O8. The summed E-state index contributed by atoms with van der Waals surface area (Å²) in [5.74, 6) is 0.0445. The van der Waals surface area contributed by atoms with E-state index in [2.05, 4.69) is 4.98 Å². The number of aromatic nitrogens is 1. The molecule has 2 heterocycles. The van der Waals surface area contributed by atoms with Gasteiger partial charge in [-0.3, -0.25) is 14.4 Å². The Bertz CT molecular complexity index is 1560. The van der Waals surface area contributed by atoms with Crippen molar-refractivity contribution >= 4 is 34.2 Å². The predicted octanol–water partition coefficient (Wildman–Crippen LogP) is 4.24. The van der Waals surface area contributed by atoms with Crippen LogP contribution in [0, 0.1) is 0 Å². The molecule has 1 aliphatic heterocycles. The van der Waals surface area contributed by atoms with Crippen molar-refractivity contribution in [1.29, 1.82) is 0 Å². The van der Waals surface area contributed by atoms with Gasteiger partial charge in [-0.05, 0) is 30.3 Å². The van der Waals surface area contributed by atoms with Gasteiger partial charge in [0.05, 0.1) is 57.9 Å². The van der Waals surface area contributed by atoms with Gasteiger partial charge in [0.1, 0.15) is 5.69 Å². The molecule has 1 aliphatic rings. The number of imide groups is 1. The van der Waals surface area contributed by atoms with Crippen LogP contribution >= 0.6 is 0 Å². The zero-order valence-electron chi connectivity index (χ0n) is 21.3. The molecule has 10 nitrogen and oxygen atoms in total. The summed E-state index contributed by atoms with van der Waals surface area (Å²) in [5, 5.41) is 0.424. The van der Waals surface area contributed by atoms with E-state index in [-0.39, 0.29) is 39.6 Å². The van der Waals surface area contributed by atoms with Crippen LogP contribution in [0.25, 0.3) is 10.9 Å². The number of nitrogens with one attached hydrogen (secondary N) is 1. The number of ether oxygens (including phenoxy) is 5. The first-order valence-electron chi connectivity index (χ1n) is 11.5. The lowest BCUT2D eigenvalue weighted by Crippen LogP contribution is -2.30. The second-order valence-electron chi connectivity index (χ2n) is 8.34. The zero-order chi connectivity index (χ0) is 27.1. The maximum absolute atomic E-state index is 14.0. The number of fused-ring (bicyclic) bond motifs is 2. The standard InChI is InChI=1S/C28H24N2O8/c1-34-19-12-17-18(13-20(19)35-2)29-23(24(17)30-27(32)15-8-6-7-9-16(15)28(30)33)25(31)14-10-21(36-3)26(38-5)22(11-14)37-4/h6-13,29H,1-5H3. The number of ketones is 1. The van der Waals surface area contributed by atoms with E-state index in [4.69, 9.17) is 23.7 Å². The minimum atomic E-state index is -0.541. The smallest absolute Gasteiger partial charge is 0.266 e. The Morgan fingerprint density at radius 1 is 0.711 bits per heavy atom. The fourth-order valence-corrected chi connectivity index (χ4v) is 4.65. The summed E-state index contributed by atoms with van der Waals surface area (Å²) in [6, 6.07) is 12.8. The maximum atomic E-state index is 14.0. The van der Waals surface area contributed by atoms with Crippen LogP contribution in [0.4, 0.5) is 5.69 Å². The van der Waals surface area contributed by atoms with Gasteiger partial charge in [-0.25, -0.2) is 4.90 Å². The molecule has 1 N–H and O–H groups in total. The van der Waals surface area contributed by atoms with Crippen LogP contribution in [-0.4, -0.2) is 58.1 Å². The Balaban J connectivity index is 1.78. The third-order valence-electron chi connectivity index (χ3n) is 6.45. The van der Waals surface area contributed by atoms with E-state index in [1.807, 2.05) is 0 Å². The number of amides is 2. The van der Waals surface area contributed by atoms with Crippen molar-refractivity contribution < 1.29 is 38.1 Å². The number of methoxy groups -OCH3 is 5. The molecule has 0 fully saturated rings. The van der Waals surface area contributed by atoms with Crippen molar-refractivity contribution in [3.8, 4) is 28.7 Å². The first kappa shape index (κ1) is 24.7. The first-order valence-corrected chi connectivity index (χ1v) is 11.5. The quantitative estimate of drug-likeness (QED) is 0.273. The summed E-state index contributed by atoms with van der Waals surface area (Å²) in [7, 11) is 7.30. The summed E-state index contributed by atoms with van der Waals surface area (Å²) in [5.41, 5.74) is 1.26. The van der Waals surface area contributed by atoms with Gasteiger partial charge in [0.25, 0.3) is 11.8 Å². The van der Waals surface area contributed by atoms with Gasteiger partial charge >= 0.3 is 0 Å². The molecule has 0 saturated carbocycles. The zero-order valence-corrected chi connectivity index (χ0v) is 21.3. The minimum Gasteiger partial charge on any atom is -0.493 e. The van der Waals surface area contributed by atoms with E-state index in [1.165, 1.54) is 47.7 Å². The summed E-state index contributed by atoms with van der Waals surface area (Å²) >= 11 is 0. The number of hydrogen-bond acceptors (Lipinski definition) is 8. The third kappa shape index (κ3) is 3.61. The Hall–Kier alpha value is -4.99. The highest BCUT2D eigenvalue weighted by molar-refractivity contribution is 6.38. The second kappa shape index (κ2) is 9.47. The third-order valence-corrected chi connectivity index (χ3v) is 6.45. The summed E-state index contributed by atoms with van der Waals surface area (Å²) in [4.78, 5) is 45.1. The van der Waals surface area contributed by atoms with Gasteiger partial charge in [0.15, 0.2) is 23.0 Å². The predicted molar refractivity (Wildman–Crippen MR) is 139 cm³/mol. The average molecular weight is 517 g/mol. The Kier molecular flexibility index (Phi) is 6.15. The van der Waals surface area contributed by atoms with Crippen molar-refractivity contribution in [3.05, 3.63) is 70.9 Å². The molecule has 0 saturated heterocycles. The maximum Gasteiger partial charge on any atom is 0.266 e. The molecule has 0 spiro atoms. The highest BCUT2D eigenvalue weighted by Crippen LogP contribution is 2.43. The van der Waals surface area contributed by atoms with Crippen molar-refractivity contribution in [2.24, 2.45) is 0 Å². The number of nitrogens with zero attached hydrogens (tertiary/aromatic N) is 1. The molecule has 0 aliphatic carbocycles. The Morgan fingerprint density at radius 3 is 1.74 bits per heavy atom. The van der Waals surface area contributed by atoms with Gasteiger partial charge in [0, 0.05) is 17.0 Å². The minimum absolute atomic E-state index is 0.0130. The lowest BCUT2D eigenvalue weighted by molar-refractivity contribution is 0.0926. The molecule has 0 unspecified atom stereocenters. The van der Waals surface area contributed by atoms with Gasteiger partial charge in [-0.2, -0.15) is 0 Å². The van der Waals surface area contributed by atoms with Crippen LogP contribution in [0.5, 0.6) is 28.7 Å². The normalized spacial score (nSPS) is 12.5. The number of rotatable bonds is 8. The van der Waals surface area contributed by atoms with Crippen LogP contribution < -0.4 is 28.6 Å². The van der Waals surface area contributed by atoms with Crippen molar-refractivity contribution in [3.63, 3.8) is 0 Å². The highest BCUT2D eigenvalue weighted by atomic mass is 16.5. The van der Waals surface area contributed by atoms with E-state index in [0.717, 1.165) is 4.90 Å². The molecular weight excluding hydrogens is 492 g/mol. The van der Waals surface area contributed by atoms with E-state index in [1.54, 1.807) is 36.4 Å². The van der Waals surface area contributed by atoms with Gasteiger partial charge < -0.3 is 28.7 Å². The van der Waals surface area contributed by atoms with Gasteiger partial charge in [0.2, 0.25) is 11.5 Å². The molecule has 3 aromatic carbocycles. The molecule has 2 amide bonds. The van der Waals surface area contributed by atoms with E-state index in [9.17, 15) is 14.4 Å². The Labute approximate surface area is 217 Å². The lowest BCUT2D eigenvalue weighted by atomic mass is 10.0. The summed E-state index contributed by atoms with van der Waals surface area (Å²) in [6.07, 6.45) is 0. The number of hydrogen-bond donors (Lipinski definition) is 1. The fourth-order valence-electron chi connectivity index (χ4n) is 4.65. The molecule has 4 aromatic rings. The van der Waals surface area contributed by atoms with Crippen molar-refractivity contribution in [2.45, 2.75) is 0 Å². The number of benzene rings is 3. The van der Waals surface area contributed by atoms with Gasteiger partial charge in [-0.1, -0.05) is 12.1 Å². The topological polar surface area (TPSA) is 116 Å². The lowest BCUT2D eigenvalue weighted by Gasteiger charge is -2.17. The van der Waals surface area contributed by atoms with E-state index >= 15 is 0 Å². The fraction of sp³-hybridized carbons (Fsp3) is 0.179. The van der Waals surface area contributed by atoms with Crippen LogP contribution in [0.1, 0.15) is 36.8 Å². The summed E-state index contributed by atoms with van der Waals surface area (Å²) < 4.78 is 27.1. The molecule has 38 heavy (non-hydrogen) atoms. The largest absolute Gasteiger partial charge is 0.493 e. The van der Waals surface area contributed by atoms with Crippen LogP contribution in [-0.2, 0) is 0 Å². The number of aromatic amines is 1. The van der Waals surface area contributed by atoms with Crippen LogP contribution in [0.3, 0.4) is 0 Å². The second-order valence-corrected chi connectivity index (χ2v) is 8.34. The molecule has 0 bridgehead atoms. The monoisotopic (exact) mass is 516 g/mol. The van der Waals surface area contributed by atoms with Crippen LogP contribution in [0.2, 0.25) is 0 Å².